The third kappa shape index (κ3) is 4.88. The molecule has 3 N–H and O–H groups in total. The van der Waals surface area contributed by atoms with E-state index in [1.165, 1.54) is 0 Å². The van der Waals surface area contributed by atoms with Crippen molar-refractivity contribution < 1.29 is 24.6 Å². The number of nitrogens with one attached hydrogen (secondary N) is 1. The zero-order valence-corrected chi connectivity index (χ0v) is 8.25. The van der Waals surface area contributed by atoms with E-state index in [-0.39, 0.29) is 0 Å². The molecule has 1 amide bonds. The highest BCUT2D eigenvalue weighted by Gasteiger charge is 2.25. The molecule has 0 bridgehead atoms. The molecule has 80 valence electrons. The first-order valence-corrected chi connectivity index (χ1v) is 4.25. The summed E-state index contributed by atoms with van der Waals surface area (Å²) in [6.45, 7) is 0. The summed E-state index contributed by atoms with van der Waals surface area (Å²) in [5, 5.41) is 18.7. The largest absolute Gasteiger partial charge is 0.481 e. The van der Waals surface area contributed by atoms with Gasteiger partial charge in [-0.2, -0.15) is 0 Å². The Bertz CT molecular complexity index is 255. The molecular weight excluding hydrogens is 237 g/mol. The molecule has 0 fully saturated rings. The first-order valence-electron chi connectivity index (χ1n) is 3.37. The van der Waals surface area contributed by atoms with Gasteiger partial charge in [-0.3, -0.25) is 9.59 Å². The first-order chi connectivity index (χ1) is 6.34. The monoisotopic (exact) mass is 243 g/mol. The third-order valence-electron chi connectivity index (χ3n) is 1.19. The van der Waals surface area contributed by atoms with Crippen molar-refractivity contribution in [2.45, 2.75) is 17.3 Å². The van der Waals surface area contributed by atoms with Crippen molar-refractivity contribution in [1.29, 1.82) is 0 Å². The molecule has 6 nitrogen and oxygen atoms in total. The molecule has 0 aromatic heterocycles. The number of alkyl halides is 2. The van der Waals surface area contributed by atoms with E-state index in [9.17, 15) is 14.4 Å². The minimum absolute atomic E-state index is 0.735. The summed E-state index contributed by atoms with van der Waals surface area (Å²) in [5.74, 6) is -3.75. The highest BCUT2D eigenvalue weighted by atomic mass is 35.5. The lowest BCUT2D eigenvalue weighted by Gasteiger charge is -2.12. The van der Waals surface area contributed by atoms with E-state index in [4.69, 9.17) is 33.4 Å². The Labute approximate surface area is 88.8 Å². The van der Waals surface area contributed by atoms with Gasteiger partial charge in [0.15, 0.2) is 4.84 Å². The average Bonchev–Trinajstić information content (AvgIpc) is 2.01. The number of carbonyl (C=O) groups excluding carboxylic acids is 1. The van der Waals surface area contributed by atoms with Crippen LogP contribution in [-0.4, -0.2) is 38.9 Å². The molecule has 0 saturated carbocycles. The molecule has 0 aliphatic heterocycles. The number of hydrogen-bond acceptors (Lipinski definition) is 3. The summed E-state index contributed by atoms with van der Waals surface area (Å²) in [7, 11) is 0. The lowest BCUT2D eigenvalue weighted by Crippen LogP contribution is -2.44. The molecule has 0 radical (unpaired) electrons. The zero-order chi connectivity index (χ0) is 11.3. The summed E-state index contributed by atoms with van der Waals surface area (Å²) >= 11 is 10.3. The molecular formula is C6H7Cl2NO5. The van der Waals surface area contributed by atoms with Crippen LogP contribution >= 0.6 is 23.2 Å². The quantitative estimate of drug-likeness (QED) is 0.582. The topological polar surface area (TPSA) is 104 Å². The van der Waals surface area contributed by atoms with Crippen molar-refractivity contribution in [2.24, 2.45) is 0 Å². The smallest absolute Gasteiger partial charge is 0.326 e. The second kappa shape index (κ2) is 5.66. The Hall–Kier alpha value is -1.01. The maximum atomic E-state index is 10.8. The Morgan fingerprint density at radius 2 is 1.71 bits per heavy atom. The van der Waals surface area contributed by atoms with Crippen molar-refractivity contribution in [3.8, 4) is 0 Å². The van der Waals surface area contributed by atoms with E-state index in [2.05, 4.69) is 0 Å². The lowest BCUT2D eigenvalue weighted by atomic mass is 10.2. The molecule has 0 aromatic rings. The number of carboxylic acid groups (broad SMARTS) is 2. The van der Waals surface area contributed by atoms with Crippen LogP contribution in [-0.2, 0) is 14.4 Å². The molecule has 0 aliphatic carbocycles. The van der Waals surface area contributed by atoms with Crippen LogP contribution < -0.4 is 5.32 Å². The van der Waals surface area contributed by atoms with Crippen molar-refractivity contribution in [3.05, 3.63) is 0 Å². The molecule has 0 rings (SSSR count). The number of carbonyl (C=O) groups is 3. The van der Waals surface area contributed by atoms with Crippen LogP contribution in [0.15, 0.2) is 0 Å². The van der Waals surface area contributed by atoms with Crippen molar-refractivity contribution in [2.75, 3.05) is 0 Å². The van der Waals surface area contributed by atoms with Crippen LogP contribution in [0.1, 0.15) is 6.42 Å². The summed E-state index contributed by atoms with van der Waals surface area (Å²) in [4.78, 5) is 30.0. The van der Waals surface area contributed by atoms with Gasteiger partial charge in [0, 0.05) is 0 Å². The van der Waals surface area contributed by atoms with Gasteiger partial charge in [-0.05, 0) is 0 Å². The SMILES string of the molecule is O=C(O)C[C@@H](NC(=O)C(Cl)Cl)C(=O)O. The summed E-state index contributed by atoms with van der Waals surface area (Å²) in [6, 6.07) is -1.53. The van der Waals surface area contributed by atoms with Crippen LogP contribution in [0.25, 0.3) is 0 Å². The fourth-order valence-corrected chi connectivity index (χ4v) is 0.735. The number of halogens is 2. The highest BCUT2D eigenvalue weighted by Crippen LogP contribution is 2.02. The van der Waals surface area contributed by atoms with Crippen molar-refractivity contribution in [3.63, 3.8) is 0 Å². The maximum absolute atomic E-state index is 10.8. The normalized spacial score (nSPS) is 12.2. The minimum atomic E-state index is -1.53. The molecule has 0 heterocycles. The Morgan fingerprint density at radius 3 is 2.00 bits per heavy atom. The molecule has 0 saturated heterocycles. The lowest BCUT2D eigenvalue weighted by molar-refractivity contribution is -0.147. The highest BCUT2D eigenvalue weighted by molar-refractivity contribution is 6.53. The number of hydrogen-bond donors (Lipinski definition) is 3. The van der Waals surface area contributed by atoms with Crippen molar-refractivity contribution >= 4 is 41.0 Å². The average molecular weight is 244 g/mol. The van der Waals surface area contributed by atoms with Gasteiger partial charge in [0.25, 0.3) is 5.91 Å². The van der Waals surface area contributed by atoms with Gasteiger partial charge in [0.1, 0.15) is 6.04 Å². The van der Waals surface area contributed by atoms with E-state index in [0.29, 0.717) is 0 Å². The first kappa shape index (κ1) is 13.0. The summed E-state index contributed by atoms with van der Waals surface area (Å²) in [5.41, 5.74) is 0. The van der Waals surface area contributed by atoms with E-state index >= 15 is 0 Å². The molecule has 0 aliphatic rings. The second-order valence-corrected chi connectivity index (χ2v) is 3.39. The molecule has 1 atom stereocenters. The van der Waals surface area contributed by atoms with Gasteiger partial charge < -0.3 is 15.5 Å². The van der Waals surface area contributed by atoms with Crippen LogP contribution in [0, 0.1) is 0 Å². The number of amides is 1. The van der Waals surface area contributed by atoms with Crippen molar-refractivity contribution in [1.82, 2.24) is 5.32 Å². The van der Waals surface area contributed by atoms with E-state index < -0.39 is 35.1 Å². The van der Waals surface area contributed by atoms with Gasteiger partial charge >= 0.3 is 11.9 Å². The standard InChI is InChI=1S/C6H7Cl2NO5/c7-4(8)5(12)9-2(6(13)14)1-3(10)11/h2,4H,1H2,(H,9,12)(H,10,11)(H,13,14)/t2-/m1/s1. The Balaban J connectivity index is 4.31. The van der Waals surface area contributed by atoms with Gasteiger partial charge in [-0.15, -0.1) is 0 Å². The fourth-order valence-electron chi connectivity index (χ4n) is 0.609. The predicted molar refractivity (Wildman–Crippen MR) is 47.3 cm³/mol. The molecule has 8 heteroatoms. The molecule has 14 heavy (non-hydrogen) atoms. The van der Waals surface area contributed by atoms with Gasteiger partial charge in [-0.25, -0.2) is 4.79 Å². The Morgan fingerprint density at radius 1 is 1.21 bits per heavy atom. The second-order valence-electron chi connectivity index (χ2n) is 2.30. The number of aliphatic carboxylic acids is 2. The van der Waals surface area contributed by atoms with Gasteiger partial charge in [0.2, 0.25) is 0 Å². The van der Waals surface area contributed by atoms with E-state index in [0.717, 1.165) is 0 Å². The zero-order valence-electron chi connectivity index (χ0n) is 6.74. The van der Waals surface area contributed by atoms with Gasteiger partial charge in [-0.1, -0.05) is 23.2 Å². The number of carboxylic acids is 2. The van der Waals surface area contributed by atoms with Crippen LogP contribution in [0.3, 0.4) is 0 Å². The van der Waals surface area contributed by atoms with E-state index in [1.807, 2.05) is 5.32 Å². The molecule has 0 unspecified atom stereocenters. The van der Waals surface area contributed by atoms with Crippen LogP contribution in [0.5, 0.6) is 0 Å². The molecule has 0 spiro atoms. The van der Waals surface area contributed by atoms with Gasteiger partial charge in [0.05, 0.1) is 6.42 Å². The predicted octanol–water partition coefficient (Wildman–Crippen LogP) is -0.166. The molecule has 0 aromatic carbocycles. The Kier molecular flexibility index (Phi) is 5.26. The maximum Gasteiger partial charge on any atom is 0.326 e. The summed E-state index contributed by atoms with van der Waals surface area (Å²) in [6.07, 6.45) is -0.735. The van der Waals surface area contributed by atoms with E-state index in [1.54, 1.807) is 0 Å². The third-order valence-corrected chi connectivity index (χ3v) is 1.59. The van der Waals surface area contributed by atoms with Crippen LogP contribution in [0.2, 0.25) is 0 Å². The fraction of sp³-hybridized carbons (Fsp3) is 0.500. The minimum Gasteiger partial charge on any atom is -0.481 e. The summed E-state index contributed by atoms with van der Waals surface area (Å²) < 4.78 is 0. The number of rotatable bonds is 5. The van der Waals surface area contributed by atoms with Crippen LogP contribution in [0.4, 0.5) is 0 Å².